The molecule has 0 saturated carbocycles. The number of nitrogens with one attached hydrogen (secondary N) is 1. The molecule has 9 heteroatoms. The summed E-state index contributed by atoms with van der Waals surface area (Å²) in [6.45, 7) is 0.508. The lowest BCUT2D eigenvalue weighted by molar-refractivity contribution is -0.552. The van der Waals surface area contributed by atoms with E-state index in [9.17, 15) is 13.2 Å². The average Bonchev–Trinajstić information content (AvgIpc) is 3.28. The van der Waals surface area contributed by atoms with Crippen molar-refractivity contribution in [2.45, 2.75) is 44.6 Å². The van der Waals surface area contributed by atoms with Crippen molar-refractivity contribution in [1.29, 1.82) is 0 Å². The van der Waals surface area contributed by atoms with E-state index in [0.717, 1.165) is 52.5 Å². The van der Waals surface area contributed by atoms with Gasteiger partial charge < -0.3 is 4.74 Å². The fourth-order valence-electron chi connectivity index (χ4n) is 5.00. The molecule has 0 aliphatic carbocycles. The highest BCUT2D eigenvalue weighted by Crippen LogP contribution is 2.25. The third-order valence-corrected chi connectivity index (χ3v) is 7.86. The summed E-state index contributed by atoms with van der Waals surface area (Å²) in [6.07, 6.45) is 5.67. The van der Waals surface area contributed by atoms with E-state index in [0.29, 0.717) is 32.3 Å². The Kier molecular flexibility index (Phi) is 9.06. The Morgan fingerprint density at radius 1 is 0.878 bits per heavy atom. The first-order valence-corrected chi connectivity index (χ1v) is 15.5. The molecule has 1 aliphatic rings. The van der Waals surface area contributed by atoms with E-state index in [4.69, 9.17) is 14.3 Å². The summed E-state index contributed by atoms with van der Waals surface area (Å²) in [5, 5.41) is 3.45. The molecule has 0 fully saturated rings. The molecule has 0 saturated heterocycles. The molecule has 2 heterocycles. The Morgan fingerprint density at radius 3 is 2.34 bits per heavy atom. The summed E-state index contributed by atoms with van der Waals surface area (Å²) < 4.78 is 38.1. The van der Waals surface area contributed by atoms with Crippen molar-refractivity contribution in [3.05, 3.63) is 108 Å². The van der Waals surface area contributed by atoms with Gasteiger partial charge in [-0.3, -0.25) is 9.87 Å². The van der Waals surface area contributed by atoms with Crippen LogP contribution >= 0.6 is 0 Å². The van der Waals surface area contributed by atoms with Crippen LogP contribution in [-0.2, 0) is 23.0 Å². The number of aromatic nitrogens is 2. The molecular formula is C32H34N3O5S+. The zero-order valence-electron chi connectivity index (χ0n) is 22.8. The second kappa shape index (κ2) is 13.1. The van der Waals surface area contributed by atoms with Gasteiger partial charge in [-0.1, -0.05) is 85.6 Å². The van der Waals surface area contributed by atoms with E-state index in [2.05, 4.69) is 17.4 Å². The molecular weight excluding hydrogens is 538 g/mol. The molecule has 5 rings (SSSR count). The van der Waals surface area contributed by atoms with Crippen molar-refractivity contribution in [2.75, 3.05) is 17.7 Å². The van der Waals surface area contributed by atoms with Crippen LogP contribution in [0.15, 0.2) is 91.1 Å². The van der Waals surface area contributed by atoms with E-state index < -0.39 is 16.2 Å². The van der Waals surface area contributed by atoms with E-state index in [1.807, 2.05) is 79.0 Å². The Hall–Kier alpha value is -4.08. The van der Waals surface area contributed by atoms with Gasteiger partial charge in [0.25, 0.3) is 10.1 Å². The highest BCUT2D eigenvalue weighted by atomic mass is 32.2. The van der Waals surface area contributed by atoms with Crippen molar-refractivity contribution >= 4 is 21.8 Å². The molecule has 0 amide bonds. The van der Waals surface area contributed by atoms with Gasteiger partial charge in [-0.05, 0) is 36.1 Å². The quantitative estimate of drug-likeness (QED) is 0.130. The maximum atomic E-state index is 13.6. The zero-order valence-corrected chi connectivity index (χ0v) is 23.6. The smallest absolute Gasteiger partial charge is 0.359 e. The second-order valence-electron chi connectivity index (χ2n) is 10.3. The maximum Gasteiger partial charge on any atom is 0.359 e. The number of hydrogen-bond donors (Lipinski definition) is 2. The van der Waals surface area contributed by atoms with E-state index in [1.54, 1.807) is 4.57 Å². The fourth-order valence-corrected chi connectivity index (χ4v) is 5.57. The second-order valence-corrected chi connectivity index (χ2v) is 11.8. The first-order chi connectivity index (χ1) is 19.9. The van der Waals surface area contributed by atoms with Gasteiger partial charge >= 0.3 is 11.7 Å². The minimum absolute atomic E-state index is 0.0230. The number of carbonyl (C=O) groups is 1. The third-order valence-electron chi connectivity index (χ3n) is 7.06. The van der Waals surface area contributed by atoms with Crippen LogP contribution in [0.4, 0.5) is 5.82 Å². The van der Waals surface area contributed by atoms with Crippen LogP contribution in [0.2, 0.25) is 0 Å². The van der Waals surface area contributed by atoms with E-state index >= 15 is 0 Å². The molecule has 212 valence electrons. The minimum atomic E-state index is -3.89. The molecule has 1 aliphatic heterocycles. The lowest BCUT2D eigenvalue weighted by Gasteiger charge is -2.09. The van der Waals surface area contributed by atoms with Crippen LogP contribution < -0.4 is 14.6 Å². The Bertz CT molecular complexity index is 1590. The largest absolute Gasteiger partial charge is 0.494 e. The molecule has 1 unspecified atom stereocenters. The summed E-state index contributed by atoms with van der Waals surface area (Å²) in [7, 11) is -3.89. The molecule has 0 bridgehead atoms. The fraction of sp³-hybridized carbons (Fsp3) is 0.281. The van der Waals surface area contributed by atoms with Gasteiger partial charge in [0, 0.05) is 18.4 Å². The highest BCUT2D eigenvalue weighted by Gasteiger charge is 2.41. The normalized spacial score (nSPS) is 14.5. The van der Waals surface area contributed by atoms with Gasteiger partial charge in [0.2, 0.25) is 0 Å². The van der Waals surface area contributed by atoms with Crippen molar-refractivity contribution in [2.24, 2.45) is 0 Å². The molecule has 1 atom stereocenters. The first kappa shape index (κ1) is 28.4. The van der Waals surface area contributed by atoms with Gasteiger partial charge in [-0.25, -0.2) is 9.78 Å². The van der Waals surface area contributed by atoms with Gasteiger partial charge in [-0.2, -0.15) is 13.0 Å². The molecule has 8 nitrogen and oxygen atoms in total. The standard InChI is InChI=1S/C32H33N3O5S/c36-32-29(22-25-14-11-17-27(20-25)40-18-9-1-2-10-19-41(37,38)39)34-31-28(21-24-12-5-3-6-13-24)33-30(23-35(31)32)26-15-7-4-8-16-26/h3-8,11-17,20,23,29H,1-2,9-10,18-19,21-22H2,(H,37,38,39)/p+1. The Balaban J connectivity index is 1.26. The van der Waals surface area contributed by atoms with Crippen molar-refractivity contribution in [3.8, 4) is 17.0 Å². The summed E-state index contributed by atoms with van der Waals surface area (Å²) in [6, 6.07) is 27.3. The monoisotopic (exact) mass is 572 g/mol. The number of ether oxygens (including phenoxy) is 1. The number of carbonyl (C=O) groups excluding carboxylic acids is 1. The lowest BCUT2D eigenvalue weighted by atomic mass is 10.1. The lowest BCUT2D eigenvalue weighted by Crippen LogP contribution is -2.44. The van der Waals surface area contributed by atoms with Crippen LogP contribution in [0.5, 0.6) is 5.75 Å². The first-order valence-electron chi connectivity index (χ1n) is 13.9. The molecule has 0 spiro atoms. The molecule has 3 aromatic carbocycles. The molecule has 0 radical (unpaired) electrons. The van der Waals surface area contributed by atoms with Gasteiger partial charge in [-0.15, -0.1) is 0 Å². The number of rotatable bonds is 13. The summed E-state index contributed by atoms with van der Waals surface area (Å²) in [4.78, 5) is 18.6. The van der Waals surface area contributed by atoms with Gasteiger partial charge in [0.1, 0.15) is 23.3 Å². The summed E-state index contributed by atoms with van der Waals surface area (Å²) in [5.41, 5.74) is 4.63. The Morgan fingerprint density at radius 2 is 1.59 bits per heavy atom. The molecule has 2 N–H and O–H groups in total. The van der Waals surface area contributed by atoms with Crippen LogP contribution in [0.25, 0.3) is 11.3 Å². The molecule has 4 aromatic rings. The SMILES string of the molecule is O=C1C(Cc2cccc(OCCCCCCS(=O)(=O)O)c2)Nc2c(Cc3ccccc3)nc(-c3ccccc3)c[n+]21. The number of unbranched alkanes of at least 4 members (excludes halogenated alkanes) is 3. The zero-order chi connectivity index (χ0) is 28.7. The van der Waals surface area contributed by atoms with E-state index in [1.165, 1.54) is 0 Å². The number of anilines is 1. The number of fused-ring (bicyclic) bond motifs is 1. The van der Waals surface area contributed by atoms with Crippen molar-refractivity contribution in [1.82, 2.24) is 4.98 Å². The Labute approximate surface area is 240 Å². The predicted octanol–water partition coefficient (Wildman–Crippen LogP) is 5.13. The summed E-state index contributed by atoms with van der Waals surface area (Å²) in [5.74, 6) is 1.23. The topological polar surface area (TPSA) is 109 Å². The summed E-state index contributed by atoms with van der Waals surface area (Å²) >= 11 is 0. The third kappa shape index (κ3) is 7.77. The van der Waals surface area contributed by atoms with Gasteiger partial charge in [0.05, 0.1) is 12.4 Å². The van der Waals surface area contributed by atoms with Crippen molar-refractivity contribution in [3.63, 3.8) is 0 Å². The van der Waals surface area contributed by atoms with Crippen LogP contribution in [-0.4, -0.2) is 42.3 Å². The average molecular weight is 573 g/mol. The number of benzene rings is 3. The van der Waals surface area contributed by atoms with Crippen LogP contribution in [0.1, 0.15) is 47.3 Å². The molecule has 41 heavy (non-hydrogen) atoms. The predicted molar refractivity (Wildman–Crippen MR) is 158 cm³/mol. The minimum Gasteiger partial charge on any atom is -0.494 e. The maximum absolute atomic E-state index is 13.6. The number of hydrogen-bond acceptors (Lipinski definition) is 6. The molecule has 1 aromatic heterocycles. The van der Waals surface area contributed by atoms with Gasteiger partial charge in [0.15, 0.2) is 6.04 Å². The van der Waals surface area contributed by atoms with Crippen molar-refractivity contribution < 1.29 is 27.1 Å². The van der Waals surface area contributed by atoms with Crippen LogP contribution in [0, 0.1) is 0 Å². The van der Waals surface area contributed by atoms with Crippen LogP contribution in [0.3, 0.4) is 0 Å². The number of nitrogens with zero attached hydrogens (tertiary/aromatic N) is 2. The highest BCUT2D eigenvalue weighted by molar-refractivity contribution is 7.85. The van der Waals surface area contributed by atoms with E-state index in [-0.39, 0.29) is 11.7 Å².